The Hall–Kier alpha value is -3.28. The van der Waals surface area contributed by atoms with Crippen LogP contribution < -0.4 is 4.90 Å². The molecular formula is C20H17FN2O3. The molecule has 5 nitrogen and oxygen atoms in total. The van der Waals surface area contributed by atoms with Crippen LogP contribution in [0.2, 0.25) is 0 Å². The summed E-state index contributed by atoms with van der Waals surface area (Å²) >= 11 is 0. The molecule has 1 aliphatic rings. The molecule has 0 radical (unpaired) electrons. The van der Waals surface area contributed by atoms with E-state index in [0.717, 1.165) is 4.90 Å². The normalized spacial score (nSPS) is 16.7. The van der Waals surface area contributed by atoms with Crippen LogP contribution in [0.1, 0.15) is 16.8 Å². The van der Waals surface area contributed by atoms with E-state index in [-0.39, 0.29) is 24.4 Å². The standard InChI is InChI=1S/C20H17FN2O3/c1-2-12-22(19(25)14-8-10-15(21)11-9-14)17-13-18(24)23(20(17)26)16-6-4-3-5-7-16/h2-11,17H,1,12-13H2. The fourth-order valence-corrected chi connectivity index (χ4v) is 2.96. The van der Waals surface area contributed by atoms with Crippen molar-refractivity contribution in [2.45, 2.75) is 12.5 Å². The van der Waals surface area contributed by atoms with Gasteiger partial charge in [0, 0.05) is 12.1 Å². The zero-order chi connectivity index (χ0) is 18.7. The number of rotatable bonds is 5. The number of nitrogens with zero attached hydrogens (tertiary/aromatic N) is 2. The quantitative estimate of drug-likeness (QED) is 0.614. The molecule has 26 heavy (non-hydrogen) atoms. The number of imide groups is 1. The second-order valence-corrected chi connectivity index (χ2v) is 5.88. The summed E-state index contributed by atoms with van der Waals surface area (Å²) in [6.45, 7) is 3.72. The fraction of sp³-hybridized carbons (Fsp3) is 0.150. The molecule has 6 heteroatoms. The Labute approximate surface area is 150 Å². The summed E-state index contributed by atoms with van der Waals surface area (Å²) in [6.07, 6.45) is 1.39. The fourth-order valence-electron chi connectivity index (χ4n) is 2.96. The van der Waals surface area contributed by atoms with Crippen LogP contribution >= 0.6 is 0 Å². The number of amides is 3. The van der Waals surface area contributed by atoms with E-state index in [4.69, 9.17) is 0 Å². The number of carbonyl (C=O) groups is 3. The highest BCUT2D eigenvalue weighted by atomic mass is 19.1. The van der Waals surface area contributed by atoms with Gasteiger partial charge >= 0.3 is 0 Å². The van der Waals surface area contributed by atoms with Crippen molar-refractivity contribution in [2.24, 2.45) is 0 Å². The topological polar surface area (TPSA) is 57.7 Å². The predicted octanol–water partition coefficient (Wildman–Crippen LogP) is 2.79. The minimum atomic E-state index is -0.918. The first-order chi connectivity index (χ1) is 12.5. The summed E-state index contributed by atoms with van der Waals surface area (Å²) in [6, 6.07) is 12.7. The molecule has 0 aliphatic carbocycles. The average Bonchev–Trinajstić information content (AvgIpc) is 2.94. The first-order valence-corrected chi connectivity index (χ1v) is 8.12. The third-order valence-electron chi connectivity index (χ3n) is 4.19. The molecule has 1 saturated heterocycles. The molecular weight excluding hydrogens is 335 g/mol. The highest BCUT2D eigenvalue weighted by Crippen LogP contribution is 2.26. The van der Waals surface area contributed by atoms with Gasteiger partial charge in [-0.1, -0.05) is 24.3 Å². The Morgan fingerprint density at radius 1 is 1.15 bits per heavy atom. The molecule has 2 aromatic rings. The molecule has 1 heterocycles. The van der Waals surface area contributed by atoms with Crippen molar-refractivity contribution < 1.29 is 18.8 Å². The van der Waals surface area contributed by atoms with Gasteiger partial charge < -0.3 is 4.90 Å². The number of carbonyl (C=O) groups excluding carboxylic acids is 3. The number of para-hydroxylation sites is 1. The molecule has 0 N–H and O–H groups in total. The van der Waals surface area contributed by atoms with Gasteiger partial charge in [0.15, 0.2) is 0 Å². The van der Waals surface area contributed by atoms with Crippen LogP contribution in [-0.2, 0) is 9.59 Å². The van der Waals surface area contributed by atoms with E-state index < -0.39 is 23.7 Å². The molecule has 1 atom stereocenters. The summed E-state index contributed by atoms with van der Waals surface area (Å²) in [7, 11) is 0. The van der Waals surface area contributed by atoms with Crippen LogP contribution in [0.25, 0.3) is 0 Å². The van der Waals surface area contributed by atoms with Crippen LogP contribution in [-0.4, -0.2) is 35.2 Å². The Morgan fingerprint density at radius 3 is 2.42 bits per heavy atom. The van der Waals surface area contributed by atoms with Gasteiger partial charge in [-0.15, -0.1) is 6.58 Å². The molecule has 0 aromatic heterocycles. The maximum absolute atomic E-state index is 13.1. The van der Waals surface area contributed by atoms with E-state index in [2.05, 4.69) is 6.58 Å². The lowest BCUT2D eigenvalue weighted by atomic mass is 10.1. The van der Waals surface area contributed by atoms with Crippen LogP contribution in [0.3, 0.4) is 0 Å². The first-order valence-electron chi connectivity index (χ1n) is 8.12. The molecule has 3 amide bonds. The van der Waals surface area contributed by atoms with Crippen molar-refractivity contribution in [3.63, 3.8) is 0 Å². The molecule has 0 spiro atoms. The van der Waals surface area contributed by atoms with Crippen molar-refractivity contribution in [3.8, 4) is 0 Å². The predicted molar refractivity (Wildman–Crippen MR) is 95.0 cm³/mol. The second-order valence-electron chi connectivity index (χ2n) is 5.88. The lowest BCUT2D eigenvalue weighted by Crippen LogP contribution is -2.45. The Morgan fingerprint density at radius 2 is 1.81 bits per heavy atom. The minimum Gasteiger partial charge on any atom is -0.322 e. The number of hydrogen-bond acceptors (Lipinski definition) is 3. The Bertz CT molecular complexity index is 849. The molecule has 2 aromatic carbocycles. The van der Waals surface area contributed by atoms with E-state index in [9.17, 15) is 18.8 Å². The Balaban J connectivity index is 1.90. The Kier molecular flexibility index (Phi) is 4.93. The van der Waals surface area contributed by atoms with Crippen LogP contribution in [0.4, 0.5) is 10.1 Å². The molecule has 1 aliphatic heterocycles. The lowest BCUT2D eigenvalue weighted by molar-refractivity contribution is -0.122. The summed E-state index contributed by atoms with van der Waals surface area (Å²) in [5.74, 6) is -1.74. The van der Waals surface area contributed by atoms with Crippen LogP contribution in [0.5, 0.6) is 0 Å². The summed E-state index contributed by atoms with van der Waals surface area (Å²) in [5.41, 5.74) is 0.712. The van der Waals surface area contributed by atoms with E-state index >= 15 is 0 Å². The van der Waals surface area contributed by atoms with Crippen molar-refractivity contribution in [1.29, 1.82) is 0 Å². The number of anilines is 1. The third-order valence-corrected chi connectivity index (χ3v) is 4.19. The molecule has 132 valence electrons. The first kappa shape index (κ1) is 17.5. The summed E-state index contributed by atoms with van der Waals surface area (Å²) < 4.78 is 13.1. The lowest BCUT2D eigenvalue weighted by Gasteiger charge is -2.26. The van der Waals surface area contributed by atoms with Gasteiger partial charge in [0.2, 0.25) is 5.91 Å². The SMILES string of the molecule is C=CCN(C(=O)c1ccc(F)cc1)C1CC(=O)N(c2ccccc2)C1=O. The van der Waals surface area contributed by atoms with Crippen molar-refractivity contribution >= 4 is 23.4 Å². The number of halogens is 1. The zero-order valence-electron chi connectivity index (χ0n) is 14.0. The van der Waals surface area contributed by atoms with Crippen LogP contribution in [0.15, 0.2) is 67.3 Å². The maximum Gasteiger partial charge on any atom is 0.257 e. The monoisotopic (exact) mass is 352 g/mol. The van der Waals surface area contributed by atoms with Gasteiger partial charge in [-0.3, -0.25) is 14.4 Å². The van der Waals surface area contributed by atoms with Gasteiger partial charge in [0.1, 0.15) is 11.9 Å². The summed E-state index contributed by atoms with van der Waals surface area (Å²) in [4.78, 5) is 40.4. The minimum absolute atomic E-state index is 0.0997. The highest BCUT2D eigenvalue weighted by Gasteiger charge is 2.44. The van der Waals surface area contributed by atoms with Crippen LogP contribution in [0, 0.1) is 5.82 Å². The second kappa shape index (κ2) is 7.31. The van der Waals surface area contributed by atoms with E-state index in [1.54, 1.807) is 30.3 Å². The third kappa shape index (κ3) is 3.26. The number of benzene rings is 2. The molecule has 1 fully saturated rings. The van der Waals surface area contributed by atoms with Gasteiger partial charge in [0.05, 0.1) is 12.1 Å². The summed E-state index contributed by atoms with van der Waals surface area (Å²) in [5, 5.41) is 0. The molecule has 0 saturated carbocycles. The van der Waals surface area contributed by atoms with Crippen molar-refractivity contribution in [2.75, 3.05) is 11.4 Å². The average molecular weight is 352 g/mol. The maximum atomic E-state index is 13.1. The largest absolute Gasteiger partial charge is 0.322 e. The van der Waals surface area contributed by atoms with Gasteiger partial charge in [0.25, 0.3) is 11.8 Å². The van der Waals surface area contributed by atoms with Gasteiger partial charge in [-0.2, -0.15) is 0 Å². The zero-order valence-corrected chi connectivity index (χ0v) is 14.0. The van der Waals surface area contributed by atoms with E-state index in [0.29, 0.717) is 5.69 Å². The molecule has 3 rings (SSSR count). The highest BCUT2D eigenvalue weighted by molar-refractivity contribution is 6.23. The van der Waals surface area contributed by atoms with E-state index in [1.165, 1.54) is 35.2 Å². The van der Waals surface area contributed by atoms with Gasteiger partial charge in [-0.05, 0) is 36.4 Å². The van der Waals surface area contributed by atoms with Crippen molar-refractivity contribution in [3.05, 3.63) is 78.6 Å². The number of hydrogen-bond donors (Lipinski definition) is 0. The molecule has 1 unspecified atom stereocenters. The van der Waals surface area contributed by atoms with E-state index in [1.807, 2.05) is 0 Å². The smallest absolute Gasteiger partial charge is 0.257 e. The molecule has 0 bridgehead atoms. The van der Waals surface area contributed by atoms with Gasteiger partial charge in [-0.25, -0.2) is 9.29 Å². The van der Waals surface area contributed by atoms with Crippen molar-refractivity contribution in [1.82, 2.24) is 4.90 Å².